The second kappa shape index (κ2) is 5.49. The highest BCUT2D eigenvalue weighted by molar-refractivity contribution is 7.90. The summed E-state index contributed by atoms with van der Waals surface area (Å²) in [5, 5.41) is 7.18. The summed E-state index contributed by atoms with van der Waals surface area (Å²) in [6.07, 6.45) is 3.62. The fourth-order valence-electron chi connectivity index (χ4n) is 1.58. The van der Waals surface area contributed by atoms with Crippen molar-refractivity contribution in [1.29, 1.82) is 0 Å². The van der Waals surface area contributed by atoms with Crippen molar-refractivity contribution < 1.29 is 8.42 Å². The van der Waals surface area contributed by atoms with Gasteiger partial charge in [-0.25, -0.2) is 13.4 Å². The minimum absolute atomic E-state index is 0.246. The summed E-state index contributed by atoms with van der Waals surface area (Å²) in [5.74, 6) is 0.426. The molecule has 0 aliphatic heterocycles. The fourth-order valence-corrected chi connectivity index (χ4v) is 3.09. The van der Waals surface area contributed by atoms with Crippen LogP contribution in [0.4, 0.5) is 5.82 Å². The molecule has 0 amide bonds. The SMILES string of the molecule is CS(=O)(=O)c1cccnc1NCCc1ccsc1. The highest BCUT2D eigenvalue weighted by Gasteiger charge is 2.13. The predicted molar refractivity (Wildman–Crippen MR) is 73.9 cm³/mol. The van der Waals surface area contributed by atoms with Gasteiger partial charge in [-0.15, -0.1) is 0 Å². The lowest BCUT2D eigenvalue weighted by molar-refractivity contribution is 0.602. The molecule has 0 atom stereocenters. The van der Waals surface area contributed by atoms with E-state index in [2.05, 4.69) is 21.7 Å². The number of thiophene rings is 1. The van der Waals surface area contributed by atoms with Crippen molar-refractivity contribution in [3.05, 3.63) is 40.7 Å². The third-order valence-electron chi connectivity index (χ3n) is 2.46. The third-order valence-corrected chi connectivity index (χ3v) is 4.32. The van der Waals surface area contributed by atoms with Gasteiger partial charge >= 0.3 is 0 Å². The van der Waals surface area contributed by atoms with Crippen LogP contribution < -0.4 is 5.32 Å². The Labute approximate surface area is 111 Å². The van der Waals surface area contributed by atoms with Gasteiger partial charge in [-0.2, -0.15) is 11.3 Å². The summed E-state index contributed by atoms with van der Waals surface area (Å²) in [6, 6.07) is 5.25. The van der Waals surface area contributed by atoms with E-state index >= 15 is 0 Å². The standard InChI is InChI=1S/C12H14N2O2S2/c1-18(15,16)11-3-2-6-13-12(11)14-7-4-10-5-8-17-9-10/h2-3,5-6,8-9H,4,7H2,1H3,(H,13,14). The smallest absolute Gasteiger partial charge is 0.179 e. The number of nitrogens with one attached hydrogen (secondary N) is 1. The quantitative estimate of drug-likeness (QED) is 0.913. The van der Waals surface area contributed by atoms with Crippen LogP contribution in [0.25, 0.3) is 0 Å². The molecule has 18 heavy (non-hydrogen) atoms. The van der Waals surface area contributed by atoms with Crippen molar-refractivity contribution >= 4 is 27.0 Å². The number of pyridine rings is 1. The Morgan fingerprint density at radius 1 is 1.39 bits per heavy atom. The van der Waals surface area contributed by atoms with Crippen molar-refractivity contribution in [3.8, 4) is 0 Å². The van der Waals surface area contributed by atoms with Gasteiger partial charge in [0.1, 0.15) is 10.7 Å². The van der Waals surface area contributed by atoms with Crippen LogP contribution in [0, 0.1) is 0 Å². The Kier molecular flexibility index (Phi) is 3.98. The van der Waals surface area contributed by atoms with Crippen molar-refractivity contribution in [1.82, 2.24) is 4.98 Å². The molecular formula is C12H14N2O2S2. The number of nitrogens with zero attached hydrogens (tertiary/aromatic N) is 1. The summed E-state index contributed by atoms with van der Waals surface area (Å²) < 4.78 is 23.1. The Morgan fingerprint density at radius 2 is 2.22 bits per heavy atom. The van der Waals surface area contributed by atoms with E-state index in [0.29, 0.717) is 12.4 Å². The summed E-state index contributed by atoms with van der Waals surface area (Å²) in [4.78, 5) is 4.32. The molecule has 96 valence electrons. The van der Waals surface area contributed by atoms with Crippen LogP contribution in [0.3, 0.4) is 0 Å². The maximum atomic E-state index is 11.6. The van der Waals surface area contributed by atoms with E-state index in [4.69, 9.17) is 0 Å². The highest BCUT2D eigenvalue weighted by Crippen LogP contribution is 2.17. The van der Waals surface area contributed by atoms with Crippen LogP contribution in [0.1, 0.15) is 5.56 Å². The molecule has 0 aliphatic rings. The van der Waals surface area contributed by atoms with Gasteiger partial charge in [0.2, 0.25) is 0 Å². The molecule has 4 nitrogen and oxygen atoms in total. The molecule has 0 spiro atoms. The summed E-state index contributed by atoms with van der Waals surface area (Å²) in [5.41, 5.74) is 1.24. The average Bonchev–Trinajstić information content (AvgIpc) is 2.81. The number of hydrogen-bond donors (Lipinski definition) is 1. The first-order valence-electron chi connectivity index (χ1n) is 5.47. The fraction of sp³-hybridized carbons (Fsp3) is 0.250. The second-order valence-electron chi connectivity index (χ2n) is 3.93. The van der Waals surface area contributed by atoms with Gasteiger partial charge in [-0.3, -0.25) is 0 Å². The largest absolute Gasteiger partial charge is 0.369 e. The molecule has 0 fully saturated rings. The second-order valence-corrected chi connectivity index (χ2v) is 6.69. The molecule has 0 saturated carbocycles. The average molecular weight is 282 g/mol. The lowest BCUT2D eigenvalue weighted by Gasteiger charge is -2.08. The molecule has 0 radical (unpaired) electrons. The zero-order chi connectivity index (χ0) is 13.0. The van der Waals surface area contributed by atoms with Gasteiger partial charge < -0.3 is 5.32 Å². The normalized spacial score (nSPS) is 11.4. The van der Waals surface area contributed by atoms with Gasteiger partial charge in [0.25, 0.3) is 0 Å². The van der Waals surface area contributed by atoms with Crippen LogP contribution >= 0.6 is 11.3 Å². The molecule has 0 aromatic carbocycles. The summed E-state index contributed by atoms with van der Waals surface area (Å²) >= 11 is 1.65. The van der Waals surface area contributed by atoms with E-state index in [1.807, 2.05) is 5.38 Å². The van der Waals surface area contributed by atoms with Crippen LogP contribution in [-0.2, 0) is 16.3 Å². The third kappa shape index (κ3) is 3.30. The number of hydrogen-bond acceptors (Lipinski definition) is 5. The van der Waals surface area contributed by atoms with Crippen molar-refractivity contribution in [3.63, 3.8) is 0 Å². The Balaban J connectivity index is 2.06. The van der Waals surface area contributed by atoms with Gasteiger partial charge in [-0.1, -0.05) is 0 Å². The molecule has 2 heterocycles. The molecule has 0 saturated heterocycles. The zero-order valence-corrected chi connectivity index (χ0v) is 11.6. The highest BCUT2D eigenvalue weighted by atomic mass is 32.2. The van der Waals surface area contributed by atoms with Gasteiger partial charge in [0.15, 0.2) is 9.84 Å². The van der Waals surface area contributed by atoms with Crippen molar-refractivity contribution in [2.45, 2.75) is 11.3 Å². The first-order valence-corrected chi connectivity index (χ1v) is 8.31. The zero-order valence-electron chi connectivity index (χ0n) is 9.96. The van der Waals surface area contributed by atoms with E-state index < -0.39 is 9.84 Å². The maximum absolute atomic E-state index is 11.6. The van der Waals surface area contributed by atoms with Gasteiger partial charge in [-0.05, 0) is 40.9 Å². The van der Waals surface area contributed by atoms with Crippen LogP contribution in [0.5, 0.6) is 0 Å². The molecule has 2 aromatic heterocycles. The molecular weight excluding hydrogens is 268 g/mol. The Bertz CT molecular complexity index is 607. The minimum atomic E-state index is -3.24. The first kappa shape index (κ1) is 13.0. The van der Waals surface area contributed by atoms with Crippen LogP contribution in [-0.4, -0.2) is 26.2 Å². The van der Waals surface area contributed by atoms with Crippen molar-refractivity contribution in [2.75, 3.05) is 18.1 Å². The summed E-state index contributed by atoms with van der Waals surface area (Å²) in [7, 11) is -3.24. The molecule has 2 rings (SSSR count). The monoisotopic (exact) mass is 282 g/mol. The first-order chi connectivity index (χ1) is 8.57. The molecule has 2 aromatic rings. The van der Waals surface area contributed by atoms with E-state index in [-0.39, 0.29) is 4.90 Å². The van der Waals surface area contributed by atoms with Gasteiger partial charge in [0.05, 0.1) is 0 Å². The molecule has 1 N–H and O–H groups in total. The number of sulfone groups is 1. The number of rotatable bonds is 5. The topological polar surface area (TPSA) is 59.1 Å². The van der Waals surface area contributed by atoms with Crippen LogP contribution in [0.15, 0.2) is 40.1 Å². The maximum Gasteiger partial charge on any atom is 0.179 e. The molecule has 0 aliphatic carbocycles. The summed E-state index contributed by atoms with van der Waals surface area (Å²) in [6.45, 7) is 0.663. The Morgan fingerprint density at radius 3 is 2.89 bits per heavy atom. The predicted octanol–water partition coefficient (Wildman–Crippen LogP) is 2.20. The lowest BCUT2D eigenvalue weighted by atomic mass is 10.2. The van der Waals surface area contributed by atoms with E-state index in [0.717, 1.165) is 6.42 Å². The molecule has 6 heteroatoms. The van der Waals surface area contributed by atoms with Crippen molar-refractivity contribution in [2.24, 2.45) is 0 Å². The van der Waals surface area contributed by atoms with E-state index in [1.54, 1.807) is 29.7 Å². The van der Waals surface area contributed by atoms with Gasteiger partial charge in [0, 0.05) is 19.0 Å². The van der Waals surface area contributed by atoms with Crippen LogP contribution in [0.2, 0.25) is 0 Å². The van der Waals surface area contributed by atoms with E-state index in [9.17, 15) is 8.42 Å². The van der Waals surface area contributed by atoms with E-state index in [1.165, 1.54) is 11.8 Å². The molecule has 0 unspecified atom stereocenters. The number of anilines is 1. The Hall–Kier alpha value is -1.40. The molecule has 0 bridgehead atoms. The number of aromatic nitrogens is 1. The minimum Gasteiger partial charge on any atom is -0.369 e. The lowest BCUT2D eigenvalue weighted by Crippen LogP contribution is -2.10.